The molecule has 0 N–H and O–H groups in total. The maximum Gasteiger partial charge on any atom is 0.331 e. The van der Waals surface area contributed by atoms with Crippen LogP contribution in [0.3, 0.4) is 0 Å². The summed E-state index contributed by atoms with van der Waals surface area (Å²) >= 11 is 13.1. The second kappa shape index (κ2) is 7.41. The zero-order chi connectivity index (χ0) is 15.2. The second-order valence-electron chi connectivity index (χ2n) is 4.05. The topological polar surface area (TPSA) is 43.4 Å². The van der Waals surface area contributed by atoms with Gasteiger partial charge in [-0.25, -0.2) is 4.79 Å². The van der Waals surface area contributed by atoms with Crippen LogP contribution in [0.4, 0.5) is 0 Å². The molecule has 0 bridgehead atoms. The number of carbonyl (C=O) groups is 2. The van der Waals surface area contributed by atoms with E-state index >= 15 is 0 Å². The van der Waals surface area contributed by atoms with Crippen LogP contribution in [0.2, 0.25) is 10.0 Å². The lowest BCUT2D eigenvalue weighted by Gasteiger charge is -2.03. The summed E-state index contributed by atoms with van der Waals surface area (Å²) in [6, 6.07) is 6.37. The third-order valence-electron chi connectivity index (χ3n) is 2.54. The van der Waals surface area contributed by atoms with Crippen LogP contribution in [0.15, 0.2) is 41.1 Å². The molecule has 1 heterocycles. The van der Waals surface area contributed by atoms with Crippen molar-refractivity contribution in [2.75, 3.05) is 6.61 Å². The maximum atomic E-state index is 11.8. The molecule has 6 heteroatoms. The molecule has 0 aliphatic rings. The first-order chi connectivity index (χ1) is 10.1. The molecule has 108 valence electrons. The van der Waals surface area contributed by atoms with Gasteiger partial charge in [-0.3, -0.25) is 4.79 Å². The van der Waals surface area contributed by atoms with Gasteiger partial charge in [-0.05, 0) is 46.7 Å². The Morgan fingerprint density at radius 1 is 1.19 bits per heavy atom. The molecule has 21 heavy (non-hydrogen) atoms. The molecule has 1 aromatic heterocycles. The van der Waals surface area contributed by atoms with E-state index in [2.05, 4.69) is 0 Å². The highest BCUT2D eigenvalue weighted by Gasteiger charge is 2.10. The van der Waals surface area contributed by atoms with Gasteiger partial charge in [0.2, 0.25) is 0 Å². The number of esters is 1. The number of ether oxygens (including phenoxy) is 1. The Morgan fingerprint density at radius 3 is 2.67 bits per heavy atom. The van der Waals surface area contributed by atoms with E-state index in [1.54, 1.807) is 6.08 Å². The van der Waals surface area contributed by atoms with Crippen molar-refractivity contribution in [3.05, 3.63) is 62.3 Å². The van der Waals surface area contributed by atoms with Crippen LogP contribution in [0.25, 0.3) is 6.08 Å². The van der Waals surface area contributed by atoms with Crippen molar-refractivity contribution in [2.24, 2.45) is 0 Å². The third kappa shape index (κ3) is 4.70. The fourth-order valence-electron chi connectivity index (χ4n) is 1.47. The standard InChI is InChI=1S/C15H10Cl2O3S/c16-12-3-2-11(7-13(12)17)14(18)8-20-15(19)4-1-10-5-6-21-9-10/h1-7,9H,8H2. The van der Waals surface area contributed by atoms with Crippen molar-refractivity contribution >= 4 is 52.4 Å². The summed E-state index contributed by atoms with van der Waals surface area (Å²) in [7, 11) is 0. The molecule has 0 amide bonds. The van der Waals surface area contributed by atoms with E-state index in [9.17, 15) is 9.59 Å². The highest BCUT2D eigenvalue weighted by atomic mass is 35.5. The highest BCUT2D eigenvalue weighted by molar-refractivity contribution is 7.08. The molecule has 0 fully saturated rings. The van der Waals surface area contributed by atoms with E-state index in [0.717, 1.165) is 5.56 Å². The van der Waals surface area contributed by atoms with Crippen LogP contribution in [0.5, 0.6) is 0 Å². The number of halogens is 2. The van der Waals surface area contributed by atoms with Crippen LogP contribution >= 0.6 is 34.5 Å². The van der Waals surface area contributed by atoms with E-state index in [1.807, 2.05) is 16.8 Å². The second-order valence-corrected chi connectivity index (χ2v) is 5.64. The minimum absolute atomic E-state index is 0.284. The molecule has 0 unspecified atom stereocenters. The van der Waals surface area contributed by atoms with E-state index in [0.29, 0.717) is 10.6 Å². The van der Waals surface area contributed by atoms with Gasteiger partial charge in [0.05, 0.1) is 10.0 Å². The number of rotatable bonds is 5. The van der Waals surface area contributed by atoms with Gasteiger partial charge in [0.25, 0.3) is 0 Å². The molecule has 0 radical (unpaired) electrons. The Bertz CT molecular complexity index is 678. The van der Waals surface area contributed by atoms with Gasteiger partial charge >= 0.3 is 5.97 Å². The van der Waals surface area contributed by atoms with Gasteiger partial charge in [0.15, 0.2) is 12.4 Å². The van der Waals surface area contributed by atoms with E-state index < -0.39 is 5.97 Å². The van der Waals surface area contributed by atoms with E-state index in [1.165, 1.54) is 35.6 Å². The molecule has 0 spiro atoms. The maximum absolute atomic E-state index is 11.8. The van der Waals surface area contributed by atoms with Crippen molar-refractivity contribution in [2.45, 2.75) is 0 Å². The number of benzene rings is 1. The molecule has 0 saturated heterocycles. The van der Waals surface area contributed by atoms with Gasteiger partial charge in [-0.2, -0.15) is 11.3 Å². The highest BCUT2D eigenvalue weighted by Crippen LogP contribution is 2.22. The molecule has 2 rings (SSSR count). The summed E-state index contributed by atoms with van der Waals surface area (Å²) in [6.45, 7) is -0.342. The molecule has 3 nitrogen and oxygen atoms in total. The molecule has 0 saturated carbocycles. The number of hydrogen-bond acceptors (Lipinski definition) is 4. The summed E-state index contributed by atoms with van der Waals surface area (Å²) in [5.41, 5.74) is 1.26. The quantitative estimate of drug-likeness (QED) is 0.457. The number of hydrogen-bond donors (Lipinski definition) is 0. The largest absolute Gasteiger partial charge is 0.454 e. The number of thiophene rings is 1. The molecular formula is C15H10Cl2O3S. The van der Waals surface area contributed by atoms with Gasteiger partial charge in [0, 0.05) is 11.6 Å². The van der Waals surface area contributed by atoms with Crippen molar-refractivity contribution in [3.8, 4) is 0 Å². The Balaban J connectivity index is 1.88. The van der Waals surface area contributed by atoms with Crippen LogP contribution in [0, 0.1) is 0 Å². The lowest BCUT2D eigenvalue weighted by atomic mass is 10.1. The fourth-order valence-corrected chi connectivity index (χ4v) is 2.40. The Morgan fingerprint density at radius 2 is 2.00 bits per heavy atom. The Kier molecular flexibility index (Phi) is 5.56. The summed E-state index contributed by atoms with van der Waals surface area (Å²) in [5.74, 6) is -0.916. The van der Waals surface area contributed by atoms with Crippen LogP contribution < -0.4 is 0 Å². The first-order valence-electron chi connectivity index (χ1n) is 5.91. The molecular weight excluding hydrogens is 331 g/mol. The van der Waals surface area contributed by atoms with Gasteiger partial charge in [0.1, 0.15) is 0 Å². The Hall–Kier alpha value is -1.62. The number of Topliss-reactive ketones (excluding diaryl/α,β-unsaturated/α-hetero) is 1. The van der Waals surface area contributed by atoms with Crippen molar-refractivity contribution in [3.63, 3.8) is 0 Å². The van der Waals surface area contributed by atoms with Gasteiger partial charge < -0.3 is 4.74 Å². The fraction of sp³-hybridized carbons (Fsp3) is 0.0667. The first-order valence-corrected chi connectivity index (χ1v) is 7.61. The molecule has 0 aliphatic heterocycles. The summed E-state index contributed by atoms with van der Waals surface area (Å²) in [5, 5.41) is 4.44. The van der Waals surface area contributed by atoms with Gasteiger partial charge in [-0.1, -0.05) is 23.2 Å². The third-order valence-corrected chi connectivity index (χ3v) is 3.98. The Labute approximate surface area is 135 Å². The SMILES string of the molecule is O=C(C=Cc1ccsc1)OCC(=O)c1ccc(Cl)c(Cl)c1. The lowest BCUT2D eigenvalue weighted by Crippen LogP contribution is -2.12. The summed E-state index contributed by atoms with van der Waals surface area (Å²) in [4.78, 5) is 23.3. The predicted molar refractivity (Wildman–Crippen MR) is 85.1 cm³/mol. The summed E-state index contributed by atoms with van der Waals surface area (Å²) in [6.07, 6.45) is 2.91. The van der Waals surface area contributed by atoms with Crippen LogP contribution in [-0.4, -0.2) is 18.4 Å². The van der Waals surface area contributed by atoms with Crippen LogP contribution in [0.1, 0.15) is 15.9 Å². The van der Waals surface area contributed by atoms with Crippen molar-refractivity contribution < 1.29 is 14.3 Å². The lowest BCUT2D eigenvalue weighted by molar-refractivity contribution is -0.136. The zero-order valence-corrected chi connectivity index (χ0v) is 13.0. The first kappa shape index (κ1) is 15.8. The van der Waals surface area contributed by atoms with E-state index in [4.69, 9.17) is 27.9 Å². The number of ketones is 1. The molecule has 2 aromatic rings. The average molecular weight is 341 g/mol. The normalized spacial score (nSPS) is 10.8. The smallest absolute Gasteiger partial charge is 0.331 e. The number of carbonyl (C=O) groups excluding carboxylic acids is 2. The monoisotopic (exact) mass is 340 g/mol. The zero-order valence-electron chi connectivity index (χ0n) is 10.7. The average Bonchev–Trinajstić information content (AvgIpc) is 2.98. The predicted octanol–water partition coefficient (Wildman–Crippen LogP) is 4.49. The minimum Gasteiger partial charge on any atom is -0.454 e. The van der Waals surface area contributed by atoms with E-state index in [-0.39, 0.29) is 17.4 Å². The summed E-state index contributed by atoms with van der Waals surface area (Å²) < 4.78 is 4.88. The molecule has 1 aromatic carbocycles. The molecule has 0 atom stereocenters. The molecule has 0 aliphatic carbocycles. The van der Waals surface area contributed by atoms with Gasteiger partial charge in [-0.15, -0.1) is 0 Å². The van der Waals surface area contributed by atoms with Crippen molar-refractivity contribution in [1.82, 2.24) is 0 Å². The van der Waals surface area contributed by atoms with Crippen LogP contribution in [-0.2, 0) is 9.53 Å². The van der Waals surface area contributed by atoms with Crippen molar-refractivity contribution in [1.29, 1.82) is 0 Å². The minimum atomic E-state index is -0.574.